The molecule has 0 unspecified atom stereocenters. The molecular formula is C21H36IN3O3. The Balaban J connectivity index is 0.00000729. The molecule has 0 amide bonds. The second-order valence-corrected chi connectivity index (χ2v) is 6.45. The van der Waals surface area contributed by atoms with E-state index in [1.165, 1.54) is 5.56 Å². The molecule has 0 aliphatic carbocycles. The number of aryl methyl sites for hydroxylation is 1. The lowest BCUT2D eigenvalue weighted by Crippen LogP contribution is -2.38. The second-order valence-electron chi connectivity index (χ2n) is 6.45. The van der Waals surface area contributed by atoms with Crippen LogP contribution in [-0.2, 0) is 16.0 Å². The highest BCUT2D eigenvalue weighted by Gasteiger charge is 2.03. The summed E-state index contributed by atoms with van der Waals surface area (Å²) >= 11 is 0. The average molecular weight is 505 g/mol. The first-order valence-electron chi connectivity index (χ1n) is 9.84. The molecule has 0 fully saturated rings. The Labute approximate surface area is 186 Å². The Hall–Kier alpha value is -1.51. The minimum absolute atomic E-state index is 0. The highest BCUT2D eigenvalue weighted by molar-refractivity contribution is 14.0. The molecule has 28 heavy (non-hydrogen) atoms. The first-order chi connectivity index (χ1) is 13.1. The van der Waals surface area contributed by atoms with E-state index in [0.717, 1.165) is 62.5 Å². The summed E-state index contributed by atoms with van der Waals surface area (Å²) in [6.45, 7) is 6.03. The third-order valence-corrected chi connectivity index (χ3v) is 4.31. The molecule has 0 aliphatic rings. The summed E-state index contributed by atoms with van der Waals surface area (Å²) < 4.78 is 10.3. The van der Waals surface area contributed by atoms with Gasteiger partial charge in [0.2, 0.25) is 0 Å². The van der Waals surface area contributed by atoms with Crippen molar-refractivity contribution in [2.75, 3.05) is 33.9 Å². The van der Waals surface area contributed by atoms with E-state index in [2.05, 4.69) is 33.8 Å². The van der Waals surface area contributed by atoms with Crippen molar-refractivity contribution in [2.24, 2.45) is 4.99 Å². The number of benzene rings is 1. The van der Waals surface area contributed by atoms with Crippen molar-refractivity contribution < 1.29 is 14.3 Å². The van der Waals surface area contributed by atoms with Crippen LogP contribution in [0.5, 0.6) is 5.75 Å². The molecule has 0 aromatic heterocycles. The number of halogens is 1. The lowest BCUT2D eigenvalue weighted by atomic mass is 10.1. The lowest BCUT2D eigenvalue weighted by Gasteiger charge is -2.12. The van der Waals surface area contributed by atoms with Gasteiger partial charge in [-0.3, -0.25) is 9.79 Å². The molecule has 0 radical (unpaired) electrons. The van der Waals surface area contributed by atoms with E-state index in [1.54, 1.807) is 14.2 Å². The summed E-state index contributed by atoms with van der Waals surface area (Å²) in [5.74, 6) is 1.66. The maximum Gasteiger partial charge on any atom is 0.305 e. The fraction of sp³-hybridized carbons (Fsp3) is 0.619. The third-order valence-electron chi connectivity index (χ3n) is 4.31. The topological polar surface area (TPSA) is 72.0 Å². The number of hydrogen-bond acceptors (Lipinski definition) is 4. The number of nitrogens with zero attached hydrogens (tertiary/aromatic N) is 1. The van der Waals surface area contributed by atoms with E-state index in [9.17, 15) is 4.79 Å². The number of methoxy groups -OCH3 is 1. The molecule has 1 aromatic rings. The van der Waals surface area contributed by atoms with Crippen LogP contribution in [0.1, 0.15) is 50.2 Å². The Morgan fingerprint density at radius 1 is 1.11 bits per heavy atom. The van der Waals surface area contributed by atoms with Crippen LogP contribution in [0.15, 0.2) is 23.2 Å². The Morgan fingerprint density at radius 3 is 2.50 bits per heavy atom. The summed E-state index contributed by atoms with van der Waals surface area (Å²) in [6, 6.07) is 6.30. The molecule has 0 bridgehead atoms. The van der Waals surface area contributed by atoms with Crippen LogP contribution in [0.2, 0.25) is 0 Å². The zero-order chi connectivity index (χ0) is 19.9. The molecule has 0 saturated heterocycles. The Bertz CT molecular complexity index is 594. The smallest absolute Gasteiger partial charge is 0.305 e. The minimum Gasteiger partial charge on any atom is -0.496 e. The van der Waals surface area contributed by atoms with Crippen molar-refractivity contribution in [1.82, 2.24) is 10.6 Å². The molecule has 160 valence electrons. The molecule has 0 aliphatic heterocycles. The van der Waals surface area contributed by atoms with Crippen molar-refractivity contribution in [3.8, 4) is 5.75 Å². The number of guanidine groups is 1. The fourth-order valence-corrected chi connectivity index (χ4v) is 2.75. The van der Waals surface area contributed by atoms with Crippen LogP contribution < -0.4 is 15.4 Å². The molecule has 6 nitrogen and oxygen atoms in total. The van der Waals surface area contributed by atoms with E-state index in [4.69, 9.17) is 9.47 Å². The van der Waals surface area contributed by atoms with Crippen LogP contribution in [-0.4, -0.2) is 45.8 Å². The van der Waals surface area contributed by atoms with Crippen molar-refractivity contribution in [2.45, 2.75) is 52.4 Å². The minimum atomic E-state index is -0.0913. The van der Waals surface area contributed by atoms with Gasteiger partial charge in [-0.05, 0) is 50.3 Å². The number of ether oxygens (including phenoxy) is 2. The van der Waals surface area contributed by atoms with E-state index in [1.807, 2.05) is 13.8 Å². The van der Waals surface area contributed by atoms with E-state index >= 15 is 0 Å². The largest absolute Gasteiger partial charge is 0.496 e. The van der Waals surface area contributed by atoms with Crippen LogP contribution in [0.4, 0.5) is 0 Å². The molecule has 1 aromatic carbocycles. The maximum absolute atomic E-state index is 11.2. The molecule has 2 N–H and O–H groups in total. The number of unbranched alkanes of at least 4 members (excludes halogenated alkanes) is 3. The zero-order valence-corrected chi connectivity index (χ0v) is 20.0. The number of carbonyl (C=O) groups excluding carboxylic acids is 1. The highest BCUT2D eigenvalue weighted by atomic mass is 127. The summed E-state index contributed by atoms with van der Waals surface area (Å²) in [6.07, 6.45) is 5.51. The number of nitrogens with one attached hydrogen (secondary N) is 2. The monoisotopic (exact) mass is 505 g/mol. The van der Waals surface area contributed by atoms with E-state index in [0.29, 0.717) is 13.0 Å². The van der Waals surface area contributed by atoms with Gasteiger partial charge in [0.25, 0.3) is 0 Å². The zero-order valence-electron chi connectivity index (χ0n) is 17.7. The number of rotatable bonds is 12. The van der Waals surface area contributed by atoms with Crippen LogP contribution in [0, 0.1) is 6.92 Å². The number of aliphatic imine (C=N–C) groups is 1. The summed E-state index contributed by atoms with van der Waals surface area (Å²) in [4.78, 5) is 15.5. The highest BCUT2D eigenvalue weighted by Crippen LogP contribution is 2.18. The van der Waals surface area contributed by atoms with Crippen molar-refractivity contribution in [1.29, 1.82) is 0 Å². The van der Waals surface area contributed by atoms with Gasteiger partial charge in [-0.2, -0.15) is 0 Å². The molecule has 0 saturated carbocycles. The second kappa shape index (κ2) is 16.4. The quantitative estimate of drug-likeness (QED) is 0.149. The van der Waals surface area contributed by atoms with Crippen molar-refractivity contribution in [3.63, 3.8) is 0 Å². The summed E-state index contributed by atoms with van der Waals surface area (Å²) in [7, 11) is 3.48. The first kappa shape index (κ1) is 26.5. The molecular weight excluding hydrogens is 469 g/mol. The predicted octanol–water partition coefficient (Wildman–Crippen LogP) is 3.84. The van der Waals surface area contributed by atoms with Gasteiger partial charge < -0.3 is 20.1 Å². The average Bonchev–Trinajstić information content (AvgIpc) is 2.67. The van der Waals surface area contributed by atoms with Gasteiger partial charge in [-0.25, -0.2) is 0 Å². The van der Waals surface area contributed by atoms with Gasteiger partial charge in [0.15, 0.2) is 5.96 Å². The normalized spacial score (nSPS) is 10.8. The Morgan fingerprint density at radius 2 is 1.82 bits per heavy atom. The molecule has 7 heteroatoms. The van der Waals surface area contributed by atoms with Gasteiger partial charge in [0.1, 0.15) is 5.75 Å². The maximum atomic E-state index is 11.2. The molecule has 0 atom stereocenters. The van der Waals surface area contributed by atoms with Gasteiger partial charge in [-0.1, -0.05) is 25.0 Å². The lowest BCUT2D eigenvalue weighted by molar-refractivity contribution is -0.143. The number of hydrogen-bond donors (Lipinski definition) is 2. The molecule has 0 spiro atoms. The van der Waals surface area contributed by atoms with Gasteiger partial charge >= 0.3 is 5.97 Å². The first-order valence-corrected chi connectivity index (χ1v) is 9.84. The Kier molecular flexibility index (Phi) is 15.6. The summed E-state index contributed by atoms with van der Waals surface area (Å²) in [5.41, 5.74) is 2.39. The van der Waals surface area contributed by atoms with E-state index in [-0.39, 0.29) is 29.9 Å². The van der Waals surface area contributed by atoms with Crippen LogP contribution in [0.25, 0.3) is 0 Å². The van der Waals surface area contributed by atoms with Crippen LogP contribution in [0.3, 0.4) is 0 Å². The van der Waals surface area contributed by atoms with Crippen molar-refractivity contribution >= 4 is 35.9 Å². The van der Waals surface area contributed by atoms with Gasteiger partial charge in [0.05, 0.1) is 13.7 Å². The third kappa shape index (κ3) is 11.4. The van der Waals surface area contributed by atoms with Gasteiger partial charge in [-0.15, -0.1) is 24.0 Å². The fourth-order valence-electron chi connectivity index (χ4n) is 2.75. The SMILES string of the molecule is CCOC(=O)CCCCCCNC(=NC)NCCc1ccc(C)c(OC)c1.I. The predicted molar refractivity (Wildman–Crippen MR) is 126 cm³/mol. The van der Waals surface area contributed by atoms with Gasteiger partial charge in [0, 0.05) is 26.6 Å². The molecule has 1 rings (SSSR count). The summed E-state index contributed by atoms with van der Waals surface area (Å²) in [5, 5.41) is 6.67. The number of carbonyl (C=O) groups is 1. The molecule has 0 heterocycles. The van der Waals surface area contributed by atoms with Crippen LogP contribution >= 0.6 is 24.0 Å². The standard InChI is InChI=1S/C21H35N3O3.HI/c1-5-27-20(25)10-8-6-7-9-14-23-21(22-3)24-15-13-18-12-11-17(2)19(16-18)26-4;/h11-12,16H,5-10,13-15H2,1-4H3,(H2,22,23,24);1H. The van der Waals surface area contributed by atoms with E-state index < -0.39 is 0 Å². The van der Waals surface area contributed by atoms with Crippen molar-refractivity contribution in [3.05, 3.63) is 29.3 Å². The number of esters is 1.